The van der Waals surface area contributed by atoms with Crippen molar-refractivity contribution in [3.05, 3.63) is 34.9 Å². The highest BCUT2D eigenvalue weighted by molar-refractivity contribution is 6.64. The molecular weight excluding hydrogens is 226 g/mol. The number of benzene rings is 1. The first-order chi connectivity index (χ1) is 7.41. The molecule has 4 heteroatoms. The van der Waals surface area contributed by atoms with Crippen LogP contribution in [0.2, 0.25) is 0 Å². The summed E-state index contributed by atoms with van der Waals surface area (Å²) in [5, 5.41) is 1.95. The second-order valence-electron chi connectivity index (χ2n) is 3.80. The average molecular weight is 240 g/mol. The minimum atomic E-state index is -0.671. The van der Waals surface area contributed by atoms with E-state index in [1.165, 1.54) is 0 Å². The Balaban J connectivity index is 2.81. The molecule has 1 aromatic carbocycles. The predicted molar refractivity (Wildman–Crippen MR) is 63.7 cm³/mol. The normalized spacial score (nSPS) is 12.0. The topological polar surface area (TPSA) is 46.2 Å². The number of carbonyl (C=O) groups is 2. The molecule has 0 heterocycles. The lowest BCUT2D eigenvalue weighted by Crippen LogP contribution is -2.36. The highest BCUT2D eigenvalue weighted by Gasteiger charge is 2.14. The molecule has 1 unspecified atom stereocenters. The number of hydrogen-bond acceptors (Lipinski definition) is 2. The van der Waals surface area contributed by atoms with Gasteiger partial charge in [0, 0.05) is 5.56 Å². The van der Waals surface area contributed by atoms with Crippen LogP contribution >= 0.6 is 11.6 Å². The SMILES string of the molecule is Cc1ccc(C(=O)NC(C)C(=O)Cl)cc1C. The second kappa shape index (κ2) is 5.12. The molecule has 0 saturated carbocycles. The predicted octanol–water partition coefficient (Wildman–Crippen LogP) is 2.19. The van der Waals surface area contributed by atoms with Gasteiger partial charge in [-0.1, -0.05) is 6.07 Å². The Labute approximate surface area is 99.8 Å². The number of carbonyl (C=O) groups excluding carboxylic acids is 2. The van der Waals surface area contributed by atoms with Gasteiger partial charge in [0.25, 0.3) is 5.91 Å². The summed E-state index contributed by atoms with van der Waals surface area (Å²) in [7, 11) is 0. The fraction of sp³-hybridized carbons (Fsp3) is 0.333. The van der Waals surface area contributed by atoms with Crippen LogP contribution in [0.5, 0.6) is 0 Å². The molecule has 0 aliphatic carbocycles. The van der Waals surface area contributed by atoms with Crippen molar-refractivity contribution in [2.24, 2.45) is 0 Å². The van der Waals surface area contributed by atoms with E-state index < -0.39 is 11.3 Å². The van der Waals surface area contributed by atoms with Crippen LogP contribution in [0.1, 0.15) is 28.4 Å². The van der Waals surface area contributed by atoms with Crippen molar-refractivity contribution in [1.82, 2.24) is 5.32 Å². The van der Waals surface area contributed by atoms with Crippen molar-refractivity contribution in [3.8, 4) is 0 Å². The van der Waals surface area contributed by atoms with Crippen molar-refractivity contribution in [3.63, 3.8) is 0 Å². The summed E-state index contributed by atoms with van der Waals surface area (Å²) in [5.74, 6) is -0.287. The molecule has 0 radical (unpaired) electrons. The van der Waals surface area contributed by atoms with Gasteiger partial charge in [-0.15, -0.1) is 0 Å². The number of halogens is 1. The smallest absolute Gasteiger partial charge is 0.251 e. The molecule has 0 saturated heterocycles. The van der Waals surface area contributed by atoms with E-state index in [4.69, 9.17) is 11.6 Å². The Morgan fingerprint density at radius 3 is 2.38 bits per heavy atom. The number of amides is 1. The molecule has 0 aliphatic heterocycles. The van der Waals surface area contributed by atoms with Crippen molar-refractivity contribution < 1.29 is 9.59 Å². The molecule has 1 amide bonds. The van der Waals surface area contributed by atoms with E-state index in [0.29, 0.717) is 5.56 Å². The number of hydrogen-bond donors (Lipinski definition) is 1. The minimum Gasteiger partial charge on any atom is -0.341 e. The van der Waals surface area contributed by atoms with Crippen LogP contribution < -0.4 is 5.32 Å². The number of aryl methyl sites for hydroxylation is 2. The van der Waals surface area contributed by atoms with Gasteiger partial charge in [-0.3, -0.25) is 9.59 Å². The van der Waals surface area contributed by atoms with E-state index in [2.05, 4.69) is 5.32 Å². The summed E-state index contributed by atoms with van der Waals surface area (Å²) in [6.07, 6.45) is 0. The molecule has 0 spiro atoms. The molecule has 1 rings (SSSR count). The second-order valence-corrected chi connectivity index (χ2v) is 4.17. The van der Waals surface area contributed by atoms with Gasteiger partial charge in [0.15, 0.2) is 0 Å². The third kappa shape index (κ3) is 3.07. The lowest BCUT2D eigenvalue weighted by Gasteiger charge is -2.10. The molecule has 0 aromatic heterocycles. The third-order valence-electron chi connectivity index (χ3n) is 2.46. The van der Waals surface area contributed by atoms with E-state index in [0.717, 1.165) is 11.1 Å². The van der Waals surface area contributed by atoms with E-state index in [-0.39, 0.29) is 5.91 Å². The minimum absolute atomic E-state index is 0.287. The lowest BCUT2D eigenvalue weighted by atomic mass is 10.1. The van der Waals surface area contributed by atoms with E-state index in [1.54, 1.807) is 19.1 Å². The first kappa shape index (κ1) is 12.7. The molecule has 3 nitrogen and oxygen atoms in total. The van der Waals surface area contributed by atoms with Crippen LogP contribution in [-0.2, 0) is 4.79 Å². The van der Waals surface area contributed by atoms with Crippen molar-refractivity contribution in [1.29, 1.82) is 0 Å². The van der Waals surface area contributed by atoms with Crippen molar-refractivity contribution in [2.45, 2.75) is 26.8 Å². The van der Waals surface area contributed by atoms with Crippen LogP contribution in [0.25, 0.3) is 0 Å². The van der Waals surface area contributed by atoms with Gasteiger partial charge in [0.05, 0.1) is 0 Å². The van der Waals surface area contributed by atoms with Crippen LogP contribution in [0, 0.1) is 13.8 Å². The maximum atomic E-state index is 11.7. The number of rotatable bonds is 3. The summed E-state index contributed by atoms with van der Waals surface area (Å²) in [5.41, 5.74) is 2.70. The standard InChI is InChI=1S/C12H14ClNO2/c1-7-4-5-10(6-8(7)2)12(16)14-9(3)11(13)15/h4-6,9H,1-3H3,(H,14,16). The Morgan fingerprint density at radius 2 is 1.88 bits per heavy atom. The van der Waals surface area contributed by atoms with Gasteiger partial charge >= 0.3 is 0 Å². The summed E-state index contributed by atoms with van der Waals surface area (Å²) < 4.78 is 0. The van der Waals surface area contributed by atoms with Crippen LogP contribution in [0.3, 0.4) is 0 Å². The van der Waals surface area contributed by atoms with Crippen LogP contribution in [0.15, 0.2) is 18.2 Å². The molecule has 0 bridgehead atoms. The average Bonchev–Trinajstić information content (AvgIpc) is 2.21. The van der Waals surface area contributed by atoms with Crippen LogP contribution in [-0.4, -0.2) is 17.2 Å². The highest BCUT2D eigenvalue weighted by Crippen LogP contribution is 2.10. The van der Waals surface area contributed by atoms with Crippen LogP contribution in [0.4, 0.5) is 0 Å². The molecule has 1 N–H and O–H groups in total. The highest BCUT2D eigenvalue weighted by atomic mass is 35.5. The lowest BCUT2D eigenvalue weighted by molar-refractivity contribution is -0.113. The van der Waals surface area contributed by atoms with Gasteiger partial charge in [-0.05, 0) is 55.6 Å². The molecule has 0 aliphatic rings. The van der Waals surface area contributed by atoms with Gasteiger partial charge in [-0.2, -0.15) is 0 Å². The molecule has 86 valence electrons. The van der Waals surface area contributed by atoms with Crippen molar-refractivity contribution in [2.75, 3.05) is 0 Å². The van der Waals surface area contributed by atoms with E-state index in [1.807, 2.05) is 19.9 Å². The molecule has 16 heavy (non-hydrogen) atoms. The number of nitrogens with one attached hydrogen (secondary N) is 1. The molecule has 1 atom stereocenters. The monoisotopic (exact) mass is 239 g/mol. The zero-order valence-corrected chi connectivity index (χ0v) is 10.3. The summed E-state index contributed by atoms with van der Waals surface area (Å²) in [4.78, 5) is 22.5. The summed E-state index contributed by atoms with van der Waals surface area (Å²) >= 11 is 5.26. The first-order valence-corrected chi connectivity index (χ1v) is 5.37. The van der Waals surface area contributed by atoms with Gasteiger partial charge in [-0.25, -0.2) is 0 Å². The fourth-order valence-electron chi connectivity index (χ4n) is 1.22. The largest absolute Gasteiger partial charge is 0.341 e. The van der Waals surface area contributed by atoms with E-state index in [9.17, 15) is 9.59 Å². The zero-order valence-electron chi connectivity index (χ0n) is 9.50. The zero-order chi connectivity index (χ0) is 12.3. The fourth-order valence-corrected chi connectivity index (χ4v) is 1.27. The Kier molecular flexibility index (Phi) is 4.07. The van der Waals surface area contributed by atoms with Gasteiger partial charge in [0.2, 0.25) is 5.24 Å². The Hall–Kier alpha value is -1.35. The molecular formula is C12H14ClNO2. The molecule has 0 fully saturated rings. The van der Waals surface area contributed by atoms with Gasteiger partial charge in [0.1, 0.15) is 6.04 Å². The van der Waals surface area contributed by atoms with Crippen molar-refractivity contribution >= 4 is 22.8 Å². The summed E-state index contributed by atoms with van der Waals surface area (Å²) in [6.45, 7) is 5.46. The quantitative estimate of drug-likeness (QED) is 0.822. The molecule has 1 aromatic rings. The third-order valence-corrected chi connectivity index (χ3v) is 2.78. The maximum Gasteiger partial charge on any atom is 0.251 e. The van der Waals surface area contributed by atoms with Gasteiger partial charge < -0.3 is 5.32 Å². The first-order valence-electron chi connectivity index (χ1n) is 4.99. The Morgan fingerprint density at radius 1 is 1.25 bits per heavy atom. The Bertz CT molecular complexity index is 429. The van der Waals surface area contributed by atoms with E-state index >= 15 is 0 Å². The maximum absolute atomic E-state index is 11.7. The summed E-state index contributed by atoms with van der Waals surface area (Å²) in [6, 6.07) is 4.71.